The highest BCUT2D eigenvalue weighted by Gasteiger charge is 2.24. The van der Waals surface area contributed by atoms with E-state index in [1.54, 1.807) is 38.4 Å². The first kappa shape index (κ1) is 37.5. The molecule has 1 amide bonds. The number of benzene rings is 2. The van der Waals surface area contributed by atoms with Crippen LogP contribution in [0.15, 0.2) is 97.9 Å². The topological polar surface area (TPSA) is 139 Å². The summed E-state index contributed by atoms with van der Waals surface area (Å²) in [5, 5.41) is 2.13. The minimum atomic E-state index is -0.102. The van der Waals surface area contributed by atoms with Gasteiger partial charge in [0.1, 0.15) is 23.9 Å². The van der Waals surface area contributed by atoms with Gasteiger partial charge < -0.3 is 24.3 Å². The molecule has 282 valence electrons. The Morgan fingerprint density at radius 3 is 1.75 bits per heavy atom. The van der Waals surface area contributed by atoms with Crippen LogP contribution < -0.4 is 4.90 Å². The number of nitrogens with zero attached hydrogens (tertiary/aromatic N) is 5. The molecule has 6 aromatic rings. The second kappa shape index (κ2) is 16.7. The van der Waals surface area contributed by atoms with Crippen molar-refractivity contribution in [2.75, 3.05) is 38.4 Å². The Labute approximate surface area is 320 Å². The van der Waals surface area contributed by atoms with E-state index in [2.05, 4.69) is 55.5 Å². The minimum absolute atomic E-state index is 0.0597. The summed E-state index contributed by atoms with van der Waals surface area (Å²) < 4.78 is 11.0. The van der Waals surface area contributed by atoms with Gasteiger partial charge in [-0.3, -0.25) is 9.59 Å². The molecule has 2 N–H and O–H groups in total. The number of rotatable bonds is 9. The van der Waals surface area contributed by atoms with Gasteiger partial charge in [0.05, 0.1) is 11.4 Å². The summed E-state index contributed by atoms with van der Waals surface area (Å²) in [4.78, 5) is 50.6. The number of hydrogen-bond acceptors (Lipinski definition) is 8. The number of carbonyl (C=O) groups is 2. The molecule has 6 heterocycles. The molecule has 55 heavy (non-hydrogen) atoms. The van der Waals surface area contributed by atoms with Gasteiger partial charge in [0.2, 0.25) is 0 Å². The van der Waals surface area contributed by atoms with E-state index < -0.39 is 0 Å². The molecule has 0 aliphatic carbocycles. The normalized spacial score (nSPS) is 15.0. The first-order valence-corrected chi connectivity index (χ1v) is 18.8. The number of ether oxygens (including phenoxy) is 2. The van der Waals surface area contributed by atoms with Crippen LogP contribution in [0.1, 0.15) is 68.1 Å². The van der Waals surface area contributed by atoms with Crippen LogP contribution in [0.4, 0.5) is 5.69 Å². The van der Waals surface area contributed by atoms with Crippen molar-refractivity contribution in [1.82, 2.24) is 29.9 Å². The molecular formula is C44H47N7O4. The fraction of sp³-hybridized carbons (Fsp3) is 0.318. The van der Waals surface area contributed by atoms with Crippen molar-refractivity contribution in [3.63, 3.8) is 0 Å². The third kappa shape index (κ3) is 8.18. The predicted octanol–water partition coefficient (Wildman–Crippen LogP) is 8.26. The lowest BCUT2D eigenvalue weighted by atomic mass is 9.90. The fourth-order valence-electron chi connectivity index (χ4n) is 7.50. The summed E-state index contributed by atoms with van der Waals surface area (Å²) in [5.41, 5.74) is 10.8. The van der Waals surface area contributed by atoms with Crippen molar-refractivity contribution in [2.45, 2.75) is 57.8 Å². The van der Waals surface area contributed by atoms with Gasteiger partial charge in [-0.2, -0.15) is 0 Å². The molecule has 11 nitrogen and oxygen atoms in total. The number of aromatic nitrogens is 6. The summed E-state index contributed by atoms with van der Waals surface area (Å²) in [5.74, 6) is 0.840. The van der Waals surface area contributed by atoms with E-state index in [1.807, 2.05) is 48.5 Å². The first-order chi connectivity index (χ1) is 26.7. The maximum Gasteiger partial charge on any atom is 0.253 e. The van der Waals surface area contributed by atoms with E-state index in [4.69, 9.17) is 9.47 Å². The number of fused-ring (bicyclic) bond motifs is 2. The van der Waals surface area contributed by atoms with Crippen molar-refractivity contribution < 1.29 is 19.1 Å². The van der Waals surface area contributed by atoms with Gasteiger partial charge in [0.25, 0.3) is 5.91 Å². The SMILES string of the molecule is C=C(C)C(=O)Cc1cccc(-c2ncnc3[nH]cc(C4CCOCC4)c23)c1.C=C(C)C(=O)N(C)c1cccc(-c2ncnc3[nH]cc(C4CCOCC4)c23)c1. The number of ketones is 1. The number of hydrogen-bond donors (Lipinski definition) is 2. The average Bonchev–Trinajstić information content (AvgIpc) is 3.87. The molecular weight excluding hydrogens is 691 g/mol. The lowest BCUT2D eigenvalue weighted by molar-refractivity contribution is -0.115. The summed E-state index contributed by atoms with van der Waals surface area (Å²) in [6, 6.07) is 15.9. The van der Waals surface area contributed by atoms with Gasteiger partial charge in [-0.25, -0.2) is 19.9 Å². The molecule has 2 fully saturated rings. The van der Waals surface area contributed by atoms with Gasteiger partial charge in [0, 0.05) is 85.4 Å². The molecule has 2 aliphatic rings. The van der Waals surface area contributed by atoms with Crippen molar-refractivity contribution in [3.05, 3.63) is 115 Å². The van der Waals surface area contributed by atoms with Crippen molar-refractivity contribution in [2.24, 2.45) is 0 Å². The number of H-pyrrole nitrogens is 2. The van der Waals surface area contributed by atoms with Gasteiger partial charge >= 0.3 is 0 Å². The molecule has 4 aromatic heterocycles. The van der Waals surface area contributed by atoms with Gasteiger partial charge in [-0.1, -0.05) is 43.5 Å². The molecule has 0 atom stereocenters. The lowest BCUT2D eigenvalue weighted by Crippen LogP contribution is -2.26. The lowest BCUT2D eigenvalue weighted by Gasteiger charge is -2.22. The van der Waals surface area contributed by atoms with Crippen LogP contribution in [-0.2, 0) is 25.5 Å². The standard InChI is InChI=1S/C22H24N4O2.C22H23N3O2/c1-14(2)22(27)26(3)17-6-4-5-16(11-17)20-19-18(15-7-9-28-10-8-15)12-23-21(19)25-13-24-20;1-14(2)19(26)11-15-4-3-5-17(10-15)21-20-18(16-6-8-27-9-7-16)12-23-22(20)25-13-24-21/h4-6,11-13,15H,1,7-10H2,2-3H3,(H,23,24,25);3-5,10,12-13,16H,1,6-9,11H2,2H3,(H,23,24,25). The summed E-state index contributed by atoms with van der Waals surface area (Å²) in [6.45, 7) is 14.1. The van der Waals surface area contributed by atoms with E-state index in [9.17, 15) is 9.59 Å². The number of amides is 1. The monoisotopic (exact) mass is 737 g/mol. The van der Waals surface area contributed by atoms with Crippen LogP contribution in [0.3, 0.4) is 0 Å². The van der Waals surface area contributed by atoms with Crippen molar-refractivity contribution >= 4 is 39.4 Å². The molecule has 0 bridgehead atoms. The van der Waals surface area contributed by atoms with E-state index in [0.717, 1.165) is 108 Å². The van der Waals surface area contributed by atoms with Crippen molar-refractivity contribution in [3.8, 4) is 22.5 Å². The van der Waals surface area contributed by atoms with Crippen molar-refractivity contribution in [1.29, 1.82) is 0 Å². The summed E-state index contributed by atoms with van der Waals surface area (Å²) in [6.07, 6.45) is 11.7. The molecule has 2 aliphatic heterocycles. The van der Waals surface area contributed by atoms with Crippen LogP contribution in [0, 0.1) is 0 Å². The van der Waals surface area contributed by atoms with Crippen LogP contribution in [0.25, 0.3) is 44.6 Å². The summed E-state index contributed by atoms with van der Waals surface area (Å²) >= 11 is 0. The second-order valence-corrected chi connectivity index (χ2v) is 14.4. The Balaban J connectivity index is 0.000000169. The van der Waals surface area contributed by atoms with Crippen LogP contribution in [0.2, 0.25) is 0 Å². The molecule has 0 spiro atoms. The third-order valence-corrected chi connectivity index (χ3v) is 10.5. The number of allylic oxidation sites excluding steroid dienone is 1. The van der Waals surface area contributed by atoms with Crippen LogP contribution >= 0.6 is 0 Å². The summed E-state index contributed by atoms with van der Waals surface area (Å²) in [7, 11) is 1.76. The van der Waals surface area contributed by atoms with E-state index >= 15 is 0 Å². The van der Waals surface area contributed by atoms with Crippen LogP contribution in [-0.4, -0.2) is 75.1 Å². The number of anilines is 1. The zero-order chi connectivity index (χ0) is 38.5. The van der Waals surface area contributed by atoms with E-state index in [0.29, 0.717) is 29.4 Å². The van der Waals surface area contributed by atoms with E-state index in [-0.39, 0.29) is 11.7 Å². The zero-order valence-electron chi connectivity index (χ0n) is 31.7. The highest BCUT2D eigenvalue weighted by molar-refractivity contribution is 6.05. The molecule has 2 saturated heterocycles. The predicted molar refractivity (Wildman–Crippen MR) is 216 cm³/mol. The molecule has 11 heteroatoms. The Morgan fingerprint density at radius 2 is 1.24 bits per heavy atom. The van der Waals surface area contributed by atoms with E-state index in [1.165, 1.54) is 11.1 Å². The quantitative estimate of drug-likeness (QED) is 0.142. The van der Waals surface area contributed by atoms with Gasteiger partial charge in [-0.15, -0.1) is 0 Å². The van der Waals surface area contributed by atoms with Gasteiger partial charge in [0.15, 0.2) is 5.78 Å². The number of Topliss-reactive ketones (excluding diaryl/α,β-unsaturated/α-hetero) is 1. The Kier molecular flexibility index (Phi) is 11.4. The third-order valence-electron chi connectivity index (χ3n) is 10.5. The van der Waals surface area contributed by atoms with Gasteiger partial charge in [-0.05, 0) is 91.8 Å². The highest BCUT2D eigenvalue weighted by Crippen LogP contribution is 2.38. The molecule has 0 radical (unpaired) electrons. The largest absolute Gasteiger partial charge is 0.381 e. The Hall–Kier alpha value is -5.78. The number of nitrogens with one attached hydrogen (secondary N) is 2. The molecule has 0 unspecified atom stereocenters. The van der Waals surface area contributed by atoms with Crippen LogP contribution in [0.5, 0.6) is 0 Å². The fourth-order valence-corrected chi connectivity index (χ4v) is 7.50. The Bertz CT molecular complexity index is 2360. The number of likely N-dealkylation sites (N-methyl/N-ethyl adjacent to an activating group) is 1. The number of aromatic amines is 2. The molecule has 8 rings (SSSR count). The molecule has 0 saturated carbocycles. The maximum atomic E-state index is 12.3. The maximum absolute atomic E-state index is 12.3. The molecule has 2 aromatic carbocycles. The number of carbonyl (C=O) groups excluding carboxylic acids is 2. The minimum Gasteiger partial charge on any atom is -0.381 e. The zero-order valence-corrected chi connectivity index (χ0v) is 31.7. The smallest absolute Gasteiger partial charge is 0.253 e. The Morgan fingerprint density at radius 1 is 0.727 bits per heavy atom. The average molecular weight is 738 g/mol. The second-order valence-electron chi connectivity index (χ2n) is 14.4. The first-order valence-electron chi connectivity index (χ1n) is 18.8. The highest BCUT2D eigenvalue weighted by atomic mass is 16.5.